The van der Waals surface area contributed by atoms with Crippen molar-refractivity contribution < 1.29 is 4.79 Å². The third kappa shape index (κ3) is 3.92. The number of amides is 1. The molecule has 1 N–H and O–H groups in total. The monoisotopic (exact) mass is 376 g/mol. The molecule has 1 amide bonds. The molecule has 9 heteroatoms. The maximum absolute atomic E-state index is 12.3. The van der Waals surface area contributed by atoms with Crippen LogP contribution in [0.25, 0.3) is 0 Å². The Morgan fingerprint density at radius 2 is 2.19 bits per heavy atom. The van der Waals surface area contributed by atoms with Crippen molar-refractivity contribution in [2.24, 2.45) is 0 Å². The van der Waals surface area contributed by atoms with E-state index in [1.54, 1.807) is 19.1 Å². The van der Waals surface area contributed by atoms with Crippen LogP contribution in [-0.4, -0.2) is 44.4 Å². The van der Waals surface area contributed by atoms with Crippen LogP contribution in [0.5, 0.6) is 0 Å². The fourth-order valence-electron chi connectivity index (χ4n) is 3.18. The number of anilines is 1. The number of hydrogen-bond acceptors (Lipinski definition) is 7. The molecule has 8 nitrogen and oxygen atoms in total. The normalized spacial score (nSPS) is 17.5. The van der Waals surface area contributed by atoms with Crippen LogP contribution in [0.3, 0.4) is 0 Å². The van der Waals surface area contributed by atoms with Crippen LogP contribution in [-0.2, 0) is 0 Å². The van der Waals surface area contributed by atoms with E-state index in [0.29, 0.717) is 17.1 Å². The Morgan fingerprint density at radius 1 is 1.38 bits per heavy atom. The van der Waals surface area contributed by atoms with Crippen molar-refractivity contribution in [2.45, 2.75) is 52.1 Å². The van der Waals surface area contributed by atoms with Crippen LogP contribution < -0.4 is 15.8 Å². The van der Waals surface area contributed by atoms with E-state index in [0.717, 1.165) is 43.2 Å². The molecule has 1 saturated heterocycles. The summed E-state index contributed by atoms with van der Waals surface area (Å²) in [5, 5.41) is 11.4. The SMILES string of the molecule is Cc1nnsc1C(=O)NCC1CCCCN1c1ccc(=O)n(C(C)C)n1. The van der Waals surface area contributed by atoms with Crippen LogP contribution in [0.4, 0.5) is 5.82 Å². The van der Waals surface area contributed by atoms with E-state index in [2.05, 4.69) is 24.9 Å². The van der Waals surface area contributed by atoms with Gasteiger partial charge >= 0.3 is 0 Å². The largest absolute Gasteiger partial charge is 0.350 e. The van der Waals surface area contributed by atoms with Crippen LogP contribution in [0.2, 0.25) is 0 Å². The lowest BCUT2D eigenvalue weighted by Gasteiger charge is -2.36. The summed E-state index contributed by atoms with van der Waals surface area (Å²) in [7, 11) is 0. The Morgan fingerprint density at radius 3 is 2.88 bits per heavy atom. The molecule has 0 spiro atoms. The van der Waals surface area contributed by atoms with Crippen molar-refractivity contribution in [3.8, 4) is 0 Å². The minimum absolute atomic E-state index is 0.00666. The van der Waals surface area contributed by atoms with Gasteiger partial charge in [0.15, 0.2) is 0 Å². The van der Waals surface area contributed by atoms with E-state index in [-0.39, 0.29) is 23.6 Å². The molecule has 2 aromatic rings. The minimum atomic E-state index is -0.136. The maximum Gasteiger partial charge on any atom is 0.267 e. The molecule has 3 heterocycles. The zero-order valence-electron chi connectivity index (χ0n) is 15.3. The van der Waals surface area contributed by atoms with Gasteiger partial charge in [-0.15, -0.1) is 5.10 Å². The molecule has 1 aliphatic heterocycles. The van der Waals surface area contributed by atoms with Crippen LogP contribution in [0.15, 0.2) is 16.9 Å². The molecule has 0 radical (unpaired) electrons. The number of carbonyl (C=O) groups excluding carboxylic acids is 1. The summed E-state index contributed by atoms with van der Waals surface area (Å²) < 4.78 is 5.32. The van der Waals surface area contributed by atoms with E-state index in [1.807, 2.05) is 13.8 Å². The molecule has 26 heavy (non-hydrogen) atoms. The van der Waals surface area contributed by atoms with Crippen LogP contribution in [0, 0.1) is 6.92 Å². The Balaban J connectivity index is 1.74. The van der Waals surface area contributed by atoms with Crippen molar-refractivity contribution in [1.29, 1.82) is 0 Å². The highest BCUT2D eigenvalue weighted by Gasteiger charge is 2.25. The molecule has 3 rings (SSSR count). The summed E-state index contributed by atoms with van der Waals surface area (Å²) in [5.74, 6) is 0.649. The van der Waals surface area contributed by atoms with Gasteiger partial charge in [0.2, 0.25) is 0 Å². The number of aromatic nitrogens is 4. The van der Waals surface area contributed by atoms with Crippen LogP contribution >= 0.6 is 11.5 Å². The minimum Gasteiger partial charge on any atom is -0.350 e. The zero-order valence-corrected chi connectivity index (χ0v) is 16.1. The van der Waals surface area contributed by atoms with E-state index in [9.17, 15) is 9.59 Å². The molecule has 0 aliphatic carbocycles. The zero-order chi connectivity index (χ0) is 18.7. The molecule has 0 saturated carbocycles. The smallest absolute Gasteiger partial charge is 0.267 e. The number of rotatable bonds is 5. The second kappa shape index (κ2) is 7.94. The number of nitrogens with zero attached hydrogens (tertiary/aromatic N) is 5. The van der Waals surface area contributed by atoms with E-state index >= 15 is 0 Å². The Hall–Kier alpha value is -2.29. The van der Waals surface area contributed by atoms with Crippen molar-refractivity contribution >= 4 is 23.3 Å². The first-order valence-electron chi connectivity index (χ1n) is 8.91. The predicted molar refractivity (Wildman–Crippen MR) is 101 cm³/mol. The highest BCUT2D eigenvalue weighted by atomic mass is 32.1. The maximum atomic E-state index is 12.3. The molecule has 2 aromatic heterocycles. The molecule has 1 atom stereocenters. The van der Waals surface area contributed by atoms with Gasteiger partial charge in [0.1, 0.15) is 10.7 Å². The quantitative estimate of drug-likeness (QED) is 0.855. The second-order valence-corrected chi connectivity index (χ2v) is 7.56. The summed E-state index contributed by atoms with van der Waals surface area (Å²) >= 11 is 1.11. The first-order valence-corrected chi connectivity index (χ1v) is 9.68. The lowest BCUT2D eigenvalue weighted by atomic mass is 10.0. The summed E-state index contributed by atoms with van der Waals surface area (Å²) in [4.78, 5) is 27.1. The molecule has 140 valence electrons. The molecular weight excluding hydrogens is 352 g/mol. The number of hydrogen-bond donors (Lipinski definition) is 1. The van der Waals surface area contributed by atoms with Crippen LogP contribution in [0.1, 0.15) is 54.5 Å². The van der Waals surface area contributed by atoms with E-state index < -0.39 is 0 Å². The first kappa shape index (κ1) is 18.5. The first-order chi connectivity index (χ1) is 12.5. The van der Waals surface area contributed by atoms with Gasteiger partial charge in [0, 0.05) is 25.2 Å². The summed E-state index contributed by atoms with van der Waals surface area (Å²) in [5.41, 5.74) is 0.553. The van der Waals surface area contributed by atoms with E-state index in [1.165, 1.54) is 4.68 Å². The fraction of sp³-hybridized carbons (Fsp3) is 0.588. The van der Waals surface area contributed by atoms with E-state index in [4.69, 9.17) is 0 Å². The van der Waals surface area contributed by atoms with Gasteiger partial charge in [0.05, 0.1) is 11.7 Å². The number of carbonyl (C=O) groups is 1. The van der Waals surface area contributed by atoms with Gasteiger partial charge in [-0.25, -0.2) is 4.68 Å². The lowest BCUT2D eigenvalue weighted by Crippen LogP contribution is -2.47. The van der Waals surface area contributed by atoms with Gasteiger partial charge in [-0.1, -0.05) is 4.49 Å². The average molecular weight is 376 g/mol. The number of piperidine rings is 1. The number of aryl methyl sites for hydroxylation is 1. The Bertz CT molecular complexity index is 831. The topological polar surface area (TPSA) is 93.0 Å². The molecule has 1 aliphatic rings. The van der Waals surface area contributed by atoms with Crippen molar-refractivity contribution in [3.63, 3.8) is 0 Å². The molecular formula is C17H24N6O2S. The standard InChI is InChI=1S/C17H24N6O2S/c1-11(2)23-15(24)8-7-14(20-23)22-9-5-4-6-13(22)10-18-17(25)16-12(3)19-21-26-16/h7-8,11,13H,4-6,9-10H2,1-3H3,(H,18,25). The van der Waals surface area contributed by atoms with Gasteiger partial charge in [-0.3, -0.25) is 9.59 Å². The summed E-state index contributed by atoms with van der Waals surface area (Å²) in [6.45, 7) is 7.06. The second-order valence-electron chi connectivity index (χ2n) is 6.81. The Labute approximate surface area is 156 Å². The fourth-order valence-corrected chi connectivity index (χ4v) is 3.76. The molecule has 1 fully saturated rings. The highest BCUT2D eigenvalue weighted by molar-refractivity contribution is 7.07. The van der Waals surface area contributed by atoms with Crippen molar-refractivity contribution in [1.82, 2.24) is 24.7 Å². The number of nitrogens with one attached hydrogen (secondary N) is 1. The van der Waals surface area contributed by atoms with Crippen molar-refractivity contribution in [3.05, 3.63) is 33.1 Å². The molecule has 0 bridgehead atoms. The lowest BCUT2D eigenvalue weighted by molar-refractivity contribution is 0.0953. The Kier molecular flexibility index (Phi) is 5.65. The van der Waals surface area contributed by atoms with Crippen molar-refractivity contribution in [2.75, 3.05) is 18.0 Å². The van der Waals surface area contributed by atoms with Gasteiger partial charge in [-0.2, -0.15) is 5.10 Å². The van der Waals surface area contributed by atoms with Gasteiger partial charge in [0.25, 0.3) is 11.5 Å². The average Bonchev–Trinajstić information content (AvgIpc) is 3.06. The summed E-state index contributed by atoms with van der Waals surface area (Å²) in [6.07, 6.45) is 3.16. The summed E-state index contributed by atoms with van der Waals surface area (Å²) in [6, 6.07) is 3.50. The third-order valence-corrected chi connectivity index (χ3v) is 5.40. The van der Waals surface area contributed by atoms with Gasteiger partial charge < -0.3 is 10.2 Å². The predicted octanol–water partition coefficient (Wildman–Crippen LogP) is 1.77. The molecule has 0 aromatic carbocycles. The van der Waals surface area contributed by atoms with Gasteiger partial charge in [-0.05, 0) is 57.6 Å². The molecule has 1 unspecified atom stereocenters. The highest BCUT2D eigenvalue weighted by Crippen LogP contribution is 2.22. The third-order valence-electron chi connectivity index (χ3n) is 4.58.